The van der Waals surface area contributed by atoms with Gasteiger partial charge < -0.3 is 10.0 Å². The van der Waals surface area contributed by atoms with Crippen LogP contribution >= 0.6 is 11.6 Å². The molecule has 1 atom stereocenters. The maximum atomic E-state index is 13.8. The Morgan fingerprint density at radius 3 is 1.74 bits per heavy atom. The van der Waals surface area contributed by atoms with E-state index in [1.54, 1.807) is 4.90 Å². The predicted molar refractivity (Wildman–Crippen MR) is 146 cm³/mol. The lowest BCUT2D eigenvalue weighted by Crippen LogP contribution is -2.44. The first-order valence-electron chi connectivity index (χ1n) is 12.6. The monoisotopic (exact) mass is 491 g/mol. The quantitative estimate of drug-likeness (QED) is 0.269. The molecule has 0 heterocycles. The highest BCUT2D eigenvalue weighted by atomic mass is 35.5. The number of amides is 1. The fourth-order valence-electron chi connectivity index (χ4n) is 5.21. The molecular weight excluding hydrogens is 454 g/mol. The molecule has 3 aromatic rings. The number of hydrogen-bond donors (Lipinski definition) is 1. The molecule has 0 fully saturated rings. The standard InChI is InChI=1S/C31H38ClNO2/c1-4-22-30(35,25-18-20-28(32)21-19-25)23-12-7-13-24-31(29(34)33(2)3,26-14-8-5-9-15-26)27-16-10-6-11-17-27/h5-6,8-11,14-21,35H,4,7,12-13,22-24H2,1-3H3. The van der Waals surface area contributed by atoms with E-state index in [9.17, 15) is 9.90 Å². The van der Waals surface area contributed by atoms with Gasteiger partial charge in [0.15, 0.2) is 0 Å². The largest absolute Gasteiger partial charge is 0.385 e. The van der Waals surface area contributed by atoms with Crippen molar-refractivity contribution < 1.29 is 9.90 Å². The number of benzene rings is 3. The van der Waals surface area contributed by atoms with Gasteiger partial charge in [-0.1, -0.05) is 117 Å². The molecule has 0 radical (unpaired) electrons. The topological polar surface area (TPSA) is 40.5 Å². The smallest absolute Gasteiger partial charge is 0.237 e. The van der Waals surface area contributed by atoms with E-state index in [-0.39, 0.29) is 5.91 Å². The summed E-state index contributed by atoms with van der Waals surface area (Å²) in [6, 6.07) is 27.8. The second kappa shape index (κ2) is 12.4. The molecule has 0 bridgehead atoms. The number of carbonyl (C=O) groups excluding carboxylic acids is 1. The van der Waals surface area contributed by atoms with Gasteiger partial charge in [-0.2, -0.15) is 0 Å². The fourth-order valence-corrected chi connectivity index (χ4v) is 5.33. The van der Waals surface area contributed by atoms with Gasteiger partial charge in [0.2, 0.25) is 5.91 Å². The molecule has 0 aliphatic carbocycles. The molecule has 1 amide bonds. The van der Waals surface area contributed by atoms with Gasteiger partial charge >= 0.3 is 0 Å². The van der Waals surface area contributed by atoms with Crippen molar-refractivity contribution in [1.29, 1.82) is 0 Å². The minimum Gasteiger partial charge on any atom is -0.385 e. The summed E-state index contributed by atoms with van der Waals surface area (Å²) in [5.74, 6) is 0.0959. The Hall–Kier alpha value is -2.62. The zero-order chi connectivity index (χ0) is 25.3. The van der Waals surface area contributed by atoms with E-state index < -0.39 is 11.0 Å². The van der Waals surface area contributed by atoms with Crippen molar-refractivity contribution in [2.24, 2.45) is 0 Å². The summed E-state index contributed by atoms with van der Waals surface area (Å²) in [6.07, 6.45) is 5.72. The van der Waals surface area contributed by atoms with Crippen LogP contribution in [0.2, 0.25) is 5.02 Å². The van der Waals surface area contributed by atoms with Crippen molar-refractivity contribution in [3.05, 3.63) is 107 Å². The van der Waals surface area contributed by atoms with Gasteiger partial charge in [0.25, 0.3) is 0 Å². The predicted octanol–water partition coefficient (Wildman–Crippen LogP) is 7.35. The molecule has 4 heteroatoms. The average Bonchev–Trinajstić information content (AvgIpc) is 2.87. The molecule has 0 saturated heterocycles. The maximum Gasteiger partial charge on any atom is 0.237 e. The minimum absolute atomic E-state index is 0.0959. The van der Waals surface area contributed by atoms with Gasteiger partial charge in [-0.05, 0) is 48.1 Å². The molecule has 0 saturated carbocycles. The number of unbranched alkanes of at least 4 members (excludes halogenated alkanes) is 2. The highest BCUT2D eigenvalue weighted by Gasteiger charge is 2.42. The Morgan fingerprint density at radius 2 is 1.26 bits per heavy atom. The molecule has 0 spiro atoms. The van der Waals surface area contributed by atoms with Crippen LogP contribution in [0.5, 0.6) is 0 Å². The molecule has 3 nitrogen and oxygen atoms in total. The highest BCUT2D eigenvalue weighted by molar-refractivity contribution is 6.30. The van der Waals surface area contributed by atoms with Crippen molar-refractivity contribution in [1.82, 2.24) is 4.90 Å². The number of rotatable bonds is 12. The lowest BCUT2D eigenvalue weighted by atomic mass is 9.69. The first-order chi connectivity index (χ1) is 16.8. The Morgan fingerprint density at radius 1 is 0.743 bits per heavy atom. The second-order valence-electron chi connectivity index (χ2n) is 9.69. The molecule has 3 aromatic carbocycles. The maximum absolute atomic E-state index is 13.8. The lowest BCUT2D eigenvalue weighted by molar-refractivity contribution is -0.133. The molecule has 0 aliphatic rings. The summed E-state index contributed by atoms with van der Waals surface area (Å²) < 4.78 is 0. The van der Waals surface area contributed by atoms with Crippen LogP contribution in [0.3, 0.4) is 0 Å². The fraction of sp³-hybridized carbons (Fsp3) is 0.387. The van der Waals surface area contributed by atoms with Crippen molar-refractivity contribution >= 4 is 17.5 Å². The van der Waals surface area contributed by atoms with E-state index in [0.29, 0.717) is 24.3 Å². The third-order valence-electron chi connectivity index (χ3n) is 6.99. The van der Waals surface area contributed by atoms with E-state index in [1.807, 2.05) is 74.8 Å². The number of hydrogen-bond acceptors (Lipinski definition) is 2. The van der Waals surface area contributed by atoms with Crippen LogP contribution in [0.4, 0.5) is 0 Å². The number of likely N-dealkylation sites (N-methyl/N-ethyl adjacent to an activating group) is 1. The molecule has 0 aliphatic heterocycles. The molecule has 3 rings (SSSR count). The molecule has 1 unspecified atom stereocenters. The second-order valence-corrected chi connectivity index (χ2v) is 10.1. The first-order valence-corrected chi connectivity index (χ1v) is 13.0. The van der Waals surface area contributed by atoms with Crippen LogP contribution in [0.15, 0.2) is 84.9 Å². The SMILES string of the molecule is CCCC(O)(CCCCCC(C(=O)N(C)C)(c1ccccc1)c1ccccc1)c1ccc(Cl)cc1. The van der Waals surface area contributed by atoms with Crippen LogP contribution in [0.1, 0.15) is 68.6 Å². The van der Waals surface area contributed by atoms with Gasteiger partial charge in [0.1, 0.15) is 0 Å². The Bertz CT molecular complexity index is 1010. The summed E-state index contributed by atoms with van der Waals surface area (Å²) in [6.45, 7) is 2.10. The number of halogens is 1. The van der Waals surface area contributed by atoms with E-state index in [4.69, 9.17) is 11.6 Å². The summed E-state index contributed by atoms with van der Waals surface area (Å²) in [5, 5.41) is 12.1. The Balaban J connectivity index is 1.79. The number of aliphatic hydroxyl groups is 1. The zero-order valence-corrected chi connectivity index (χ0v) is 22.0. The van der Waals surface area contributed by atoms with Crippen molar-refractivity contribution in [3.8, 4) is 0 Å². The lowest BCUT2D eigenvalue weighted by Gasteiger charge is -2.36. The van der Waals surface area contributed by atoms with E-state index in [2.05, 4.69) is 31.2 Å². The van der Waals surface area contributed by atoms with Crippen molar-refractivity contribution in [3.63, 3.8) is 0 Å². The minimum atomic E-state index is -0.852. The molecule has 1 N–H and O–H groups in total. The van der Waals surface area contributed by atoms with Crippen molar-refractivity contribution in [2.75, 3.05) is 14.1 Å². The van der Waals surface area contributed by atoms with E-state index in [1.165, 1.54) is 0 Å². The average molecular weight is 492 g/mol. The van der Waals surface area contributed by atoms with E-state index in [0.717, 1.165) is 42.4 Å². The van der Waals surface area contributed by atoms with Crippen LogP contribution in [-0.2, 0) is 15.8 Å². The van der Waals surface area contributed by atoms with Crippen LogP contribution in [0.25, 0.3) is 0 Å². The Kier molecular flexibility index (Phi) is 9.54. The van der Waals surface area contributed by atoms with Crippen molar-refractivity contribution in [2.45, 2.75) is 62.9 Å². The molecular formula is C31H38ClNO2. The molecule has 186 valence electrons. The van der Waals surface area contributed by atoms with Gasteiger partial charge in [-0.25, -0.2) is 0 Å². The summed E-state index contributed by atoms with van der Waals surface area (Å²) in [5.41, 5.74) is 1.38. The third-order valence-corrected chi connectivity index (χ3v) is 7.24. The summed E-state index contributed by atoms with van der Waals surface area (Å²) in [7, 11) is 3.67. The Labute approximate surface area is 215 Å². The van der Waals surface area contributed by atoms with Crippen LogP contribution in [0, 0.1) is 0 Å². The van der Waals surface area contributed by atoms with Gasteiger partial charge in [0.05, 0.1) is 11.0 Å². The third kappa shape index (κ3) is 6.34. The molecule has 35 heavy (non-hydrogen) atoms. The highest BCUT2D eigenvalue weighted by Crippen LogP contribution is 2.40. The number of nitrogens with zero attached hydrogens (tertiary/aromatic N) is 1. The van der Waals surface area contributed by atoms with Gasteiger partial charge in [-0.3, -0.25) is 4.79 Å². The van der Waals surface area contributed by atoms with Gasteiger partial charge in [0, 0.05) is 19.1 Å². The zero-order valence-electron chi connectivity index (χ0n) is 21.2. The number of carbonyl (C=O) groups is 1. The first kappa shape index (κ1) is 27.0. The summed E-state index contributed by atoms with van der Waals surface area (Å²) >= 11 is 6.06. The van der Waals surface area contributed by atoms with Crippen LogP contribution in [-0.4, -0.2) is 30.0 Å². The molecule has 0 aromatic heterocycles. The van der Waals surface area contributed by atoms with Gasteiger partial charge in [-0.15, -0.1) is 0 Å². The normalized spacial score (nSPS) is 13.3. The van der Waals surface area contributed by atoms with E-state index >= 15 is 0 Å². The summed E-state index contributed by atoms with van der Waals surface area (Å²) in [4.78, 5) is 15.5. The van der Waals surface area contributed by atoms with Crippen LogP contribution < -0.4 is 0 Å².